The van der Waals surface area contributed by atoms with Crippen molar-refractivity contribution in [1.82, 2.24) is 15.1 Å². The van der Waals surface area contributed by atoms with Crippen LogP contribution in [0.2, 0.25) is 0 Å². The number of anilines is 1. The van der Waals surface area contributed by atoms with Crippen LogP contribution in [0.15, 0.2) is 41.2 Å². The van der Waals surface area contributed by atoms with Gasteiger partial charge in [0.05, 0.1) is 0 Å². The molecule has 1 saturated heterocycles. The highest BCUT2D eigenvalue weighted by atomic mass is 16.2. The van der Waals surface area contributed by atoms with E-state index in [9.17, 15) is 9.59 Å². The molecule has 1 aliphatic heterocycles. The summed E-state index contributed by atoms with van der Waals surface area (Å²) >= 11 is 0. The van der Waals surface area contributed by atoms with E-state index in [0.29, 0.717) is 19.1 Å². The summed E-state index contributed by atoms with van der Waals surface area (Å²) in [5.74, 6) is -0.129. The van der Waals surface area contributed by atoms with Crippen molar-refractivity contribution in [2.24, 2.45) is 0 Å². The number of nitrogens with one attached hydrogen (secondary N) is 2. The molecule has 1 fully saturated rings. The van der Waals surface area contributed by atoms with Crippen LogP contribution in [0.4, 0.5) is 5.69 Å². The van der Waals surface area contributed by atoms with Gasteiger partial charge in [-0.25, -0.2) is 5.10 Å². The number of aromatic amines is 1. The van der Waals surface area contributed by atoms with Gasteiger partial charge in [0.2, 0.25) is 0 Å². The molecule has 0 saturated carbocycles. The van der Waals surface area contributed by atoms with Crippen LogP contribution in [-0.2, 0) is 0 Å². The molecule has 0 spiro atoms. The normalized spacial score (nSPS) is 15.4. The molecule has 1 amide bonds. The van der Waals surface area contributed by atoms with E-state index in [0.717, 1.165) is 18.5 Å². The van der Waals surface area contributed by atoms with Gasteiger partial charge in [0.25, 0.3) is 11.5 Å². The van der Waals surface area contributed by atoms with Gasteiger partial charge in [-0.3, -0.25) is 9.59 Å². The fourth-order valence-electron chi connectivity index (χ4n) is 2.82. The van der Waals surface area contributed by atoms with Crippen LogP contribution in [0.25, 0.3) is 0 Å². The molecule has 6 heteroatoms. The smallest absolute Gasteiger partial charge is 0.274 e. The van der Waals surface area contributed by atoms with E-state index in [1.807, 2.05) is 6.07 Å². The third kappa shape index (κ3) is 3.77. The number of piperidine rings is 1. The van der Waals surface area contributed by atoms with Crippen molar-refractivity contribution in [3.8, 4) is 0 Å². The summed E-state index contributed by atoms with van der Waals surface area (Å²) in [4.78, 5) is 25.1. The van der Waals surface area contributed by atoms with Crippen molar-refractivity contribution in [3.05, 3.63) is 58.0 Å². The highest BCUT2D eigenvalue weighted by Gasteiger charge is 2.24. The van der Waals surface area contributed by atoms with Crippen LogP contribution in [0.3, 0.4) is 0 Å². The van der Waals surface area contributed by atoms with E-state index in [-0.39, 0.29) is 17.2 Å². The Morgan fingerprint density at radius 1 is 1.26 bits per heavy atom. The maximum Gasteiger partial charge on any atom is 0.274 e. The van der Waals surface area contributed by atoms with Crippen LogP contribution in [-0.4, -0.2) is 40.1 Å². The maximum absolute atomic E-state index is 12.3. The van der Waals surface area contributed by atoms with Gasteiger partial charge in [-0.05, 0) is 43.5 Å². The molecule has 2 aromatic rings. The molecule has 1 aliphatic rings. The topological polar surface area (TPSA) is 78.1 Å². The van der Waals surface area contributed by atoms with Crippen LogP contribution in [0.5, 0.6) is 0 Å². The molecular formula is C17H20N4O2. The highest BCUT2D eigenvalue weighted by Crippen LogP contribution is 2.18. The minimum atomic E-state index is -0.303. The second-order valence-corrected chi connectivity index (χ2v) is 5.89. The number of carbonyl (C=O) groups excluding carboxylic acids is 1. The monoisotopic (exact) mass is 312 g/mol. The van der Waals surface area contributed by atoms with Crippen molar-refractivity contribution < 1.29 is 4.79 Å². The Bertz CT molecular complexity index is 728. The lowest BCUT2D eigenvalue weighted by Crippen LogP contribution is -2.42. The van der Waals surface area contributed by atoms with Crippen LogP contribution in [0.1, 0.15) is 28.9 Å². The largest absolute Gasteiger partial charge is 0.382 e. The fourth-order valence-corrected chi connectivity index (χ4v) is 2.82. The van der Waals surface area contributed by atoms with Crippen molar-refractivity contribution in [2.75, 3.05) is 18.4 Å². The first-order valence-electron chi connectivity index (χ1n) is 7.80. The third-order valence-electron chi connectivity index (χ3n) is 4.07. The van der Waals surface area contributed by atoms with E-state index >= 15 is 0 Å². The molecular weight excluding hydrogens is 292 g/mol. The predicted octanol–water partition coefficient (Wildman–Crippen LogP) is 1.80. The molecule has 0 aliphatic carbocycles. The van der Waals surface area contributed by atoms with Crippen molar-refractivity contribution in [3.63, 3.8) is 0 Å². The lowest BCUT2D eigenvalue weighted by Gasteiger charge is -2.32. The van der Waals surface area contributed by atoms with Gasteiger partial charge in [-0.1, -0.05) is 12.1 Å². The predicted molar refractivity (Wildman–Crippen MR) is 88.6 cm³/mol. The number of likely N-dealkylation sites (tertiary alicyclic amines) is 1. The minimum Gasteiger partial charge on any atom is -0.382 e. The molecule has 1 aromatic heterocycles. The quantitative estimate of drug-likeness (QED) is 0.906. The molecule has 0 bridgehead atoms. The van der Waals surface area contributed by atoms with E-state index in [1.165, 1.54) is 17.7 Å². The molecule has 120 valence electrons. The van der Waals surface area contributed by atoms with Crippen molar-refractivity contribution >= 4 is 11.6 Å². The first-order chi connectivity index (χ1) is 11.1. The molecule has 3 rings (SSSR count). The number of aromatic nitrogens is 2. The summed E-state index contributed by atoms with van der Waals surface area (Å²) in [6.07, 6.45) is 1.78. The highest BCUT2D eigenvalue weighted by molar-refractivity contribution is 5.92. The van der Waals surface area contributed by atoms with Gasteiger partial charge >= 0.3 is 0 Å². The average Bonchev–Trinajstić information content (AvgIpc) is 2.56. The summed E-state index contributed by atoms with van der Waals surface area (Å²) in [7, 11) is 0. The minimum absolute atomic E-state index is 0.129. The molecule has 6 nitrogen and oxygen atoms in total. The van der Waals surface area contributed by atoms with Crippen molar-refractivity contribution in [2.45, 2.75) is 25.8 Å². The molecule has 1 aromatic carbocycles. The van der Waals surface area contributed by atoms with Gasteiger partial charge in [0.15, 0.2) is 0 Å². The van der Waals surface area contributed by atoms with Gasteiger partial charge in [0, 0.05) is 30.9 Å². The van der Waals surface area contributed by atoms with Gasteiger partial charge in [0.1, 0.15) is 5.69 Å². The number of aryl methyl sites for hydroxylation is 1. The second kappa shape index (κ2) is 6.64. The number of benzene rings is 1. The van der Waals surface area contributed by atoms with E-state index < -0.39 is 0 Å². The van der Waals surface area contributed by atoms with E-state index in [1.54, 1.807) is 4.90 Å². The Morgan fingerprint density at radius 3 is 2.70 bits per heavy atom. The first-order valence-corrected chi connectivity index (χ1v) is 7.80. The molecule has 0 atom stereocenters. The lowest BCUT2D eigenvalue weighted by molar-refractivity contribution is 0.0711. The number of nitrogens with zero attached hydrogens (tertiary/aromatic N) is 2. The SMILES string of the molecule is Cc1cccc(NC2CCN(C(=O)c3ccc(=O)[nH]n3)CC2)c1. The summed E-state index contributed by atoms with van der Waals surface area (Å²) in [5, 5.41) is 9.63. The third-order valence-corrected chi connectivity index (χ3v) is 4.07. The second-order valence-electron chi connectivity index (χ2n) is 5.89. The Labute approximate surface area is 134 Å². The van der Waals surface area contributed by atoms with E-state index in [4.69, 9.17) is 0 Å². The fraction of sp³-hybridized carbons (Fsp3) is 0.353. The maximum atomic E-state index is 12.3. The molecule has 0 radical (unpaired) electrons. The number of amides is 1. The Hall–Kier alpha value is -2.63. The number of rotatable bonds is 3. The zero-order valence-electron chi connectivity index (χ0n) is 13.1. The van der Waals surface area contributed by atoms with Crippen molar-refractivity contribution in [1.29, 1.82) is 0 Å². The van der Waals surface area contributed by atoms with Crippen LogP contribution >= 0.6 is 0 Å². The Balaban J connectivity index is 1.56. The van der Waals surface area contributed by atoms with Gasteiger partial charge < -0.3 is 10.2 Å². The number of H-pyrrole nitrogens is 1. The summed E-state index contributed by atoms with van der Waals surface area (Å²) < 4.78 is 0. The zero-order valence-corrected chi connectivity index (χ0v) is 13.1. The molecule has 0 unspecified atom stereocenters. The zero-order chi connectivity index (χ0) is 16.2. The number of hydrogen-bond donors (Lipinski definition) is 2. The summed E-state index contributed by atoms with van der Waals surface area (Å²) in [6, 6.07) is 11.5. The summed E-state index contributed by atoms with van der Waals surface area (Å²) in [6.45, 7) is 3.44. The number of hydrogen-bond acceptors (Lipinski definition) is 4. The van der Waals surface area contributed by atoms with E-state index in [2.05, 4.69) is 40.6 Å². The van der Waals surface area contributed by atoms with Crippen LogP contribution in [0, 0.1) is 6.92 Å². The first kappa shape index (κ1) is 15.3. The molecule has 2 N–H and O–H groups in total. The average molecular weight is 312 g/mol. The molecule has 2 heterocycles. The Kier molecular flexibility index (Phi) is 4.41. The van der Waals surface area contributed by atoms with Crippen LogP contribution < -0.4 is 10.9 Å². The lowest BCUT2D eigenvalue weighted by atomic mass is 10.0. The standard InChI is InChI=1S/C17H20N4O2/c1-12-3-2-4-14(11-12)18-13-7-9-21(10-8-13)17(23)15-5-6-16(22)20-19-15/h2-6,11,13,18H,7-10H2,1H3,(H,20,22). The Morgan fingerprint density at radius 2 is 2.04 bits per heavy atom. The number of carbonyl (C=O) groups is 1. The molecule has 23 heavy (non-hydrogen) atoms. The van der Waals surface area contributed by atoms with Gasteiger partial charge in [-0.15, -0.1) is 0 Å². The summed E-state index contributed by atoms with van der Waals surface area (Å²) in [5.41, 5.74) is 2.33. The van der Waals surface area contributed by atoms with Gasteiger partial charge in [-0.2, -0.15) is 5.10 Å².